The van der Waals surface area contributed by atoms with Crippen LogP contribution in [-0.4, -0.2) is 59.8 Å². The molecule has 3 rings (SSSR count). The number of rotatable bonds is 8. The number of aryl methyl sites for hydroxylation is 2. The number of hydrogen-bond acceptors (Lipinski definition) is 6. The van der Waals surface area contributed by atoms with E-state index in [0.29, 0.717) is 0 Å². The lowest BCUT2D eigenvalue weighted by Crippen LogP contribution is -2.39. The molecule has 0 atom stereocenters. The van der Waals surface area contributed by atoms with Crippen LogP contribution in [0.3, 0.4) is 0 Å². The molecule has 0 amide bonds. The molecule has 1 N–H and O–H groups in total. The third-order valence-electron chi connectivity index (χ3n) is 3.86. The van der Waals surface area contributed by atoms with Crippen molar-refractivity contribution in [1.82, 2.24) is 28.6 Å². The molecule has 0 aliphatic heterocycles. The van der Waals surface area contributed by atoms with Crippen LogP contribution in [0.15, 0.2) is 34.6 Å². The smallest absolute Gasteiger partial charge is 0.246 e. The number of nitrogens with zero attached hydrogens (tertiary/aromatic N) is 5. The monoisotopic (exact) mass is 388 g/mol. The van der Waals surface area contributed by atoms with Gasteiger partial charge in [-0.3, -0.25) is 9.36 Å². The van der Waals surface area contributed by atoms with E-state index >= 15 is 0 Å². The molecule has 1 aliphatic carbocycles. The Hall–Kier alpha value is -1.76. The van der Waals surface area contributed by atoms with Crippen molar-refractivity contribution in [3.05, 3.63) is 24.8 Å². The molecule has 0 radical (unpaired) electrons. The van der Waals surface area contributed by atoms with Crippen LogP contribution in [0.5, 0.6) is 0 Å². The Balaban J connectivity index is 1.69. The Morgan fingerprint density at radius 1 is 1.08 bits per heavy atom. The van der Waals surface area contributed by atoms with Gasteiger partial charge in [-0.25, -0.2) is 21.6 Å². The molecule has 1 fully saturated rings. The molecule has 10 nitrogen and oxygen atoms in total. The van der Waals surface area contributed by atoms with Crippen LogP contribution in [-0.2, 0) is 34.1 Å². The average Bonchev–Trinajstić information content (AvgIpc) is 3.09. The van der Waals surface area contributed by atoms with Crippen molar-refractivity contribution in [3.8, 4) is 0 Å². The predicted octanol–water partition coefficient (Wildman–Crippen LogP) is -0.715. The predicted molar refractivity (Wildman–Crippen MR) is 88.5 cm³/mol. The van der Waals surface area contributed by atoms with Gasteiger partial charge in [0.25, 0.3) is 0 Å². The van der Waals surface area contributed by atoms with Gasteiger partial charge in [0.15, 0.2) is 0 Å². The van der Waals surface area contributed by atoms with Crippen molar-refractivity contribution in [2.75, 3.05) is 13.1 Å². The molecule has 0 spiro atoms. The van der Waals surface area contributed by atoms with Crippen molar-refractivity contribution in [2.45, 2.75) is 28.7 Å². The van der Waals surface area contributed by atoms with Gasteiger partial charge in [-0.2, -0.15) is 14.5 Å². The zero-order chi connectivity index (χ0) is 18.2. The minimum Gasteiger partial charge on any atom is -0.274 e. The first-order valence-corrected chi connectivity index (χ1v) is 10.6. The normalized spacial score (nSPS) is 15.8. The Morgan fingerprint density at radius 2 is 1.64 bits per heavy atom. The van der Waals surface area contributed by atoms with Gasteiger partial charge in [-0.1, -0.05) is 0 Å². The summed E-state index contributed by atoms with van der Waals surface area (Å²) in [4.78, 5) is 0.153. The van der Waals surface area contributed by atoms with E-state index in [1.54, 1.807) is 14.1 Å². The second-order valence-electron chi connectivity index (χ2n) is 5.94. The first-order chi connectivity index (χ1) is 11.7. The first-order valence-electron chi connectivity index (χ1n) is 7.69. The summed E-state index contributed by atoms with van der Waals surface area (Å²) in [5, 5.41) is 7.72. The summed E-state index contributed by atoms with van der Waals surface area (Å²) < 4.78 is 56.4. The van der Waals surface area contributed by atoms with Crippen molar-refractivity contribution in [2.24, 2.45) is 14.1 Å². The zero-order valence-electron chi connectivity index (χ0n) is 13.9. The van der Waals surface area contributed by atoms with Gasteiger partial charge < -0.3 is 0 Å². The maximum absolute atomic E-state index is 12.7. The Morgan fingerprint density at radius 3 is 2.12 bits per heavy atom. The lowest BCUT2D eigenvalue weighted by atomic mass is 10.6. The van der Waals surface area contributed by atoms with Gasteiger partial charge >= 0.3 is 0 Å². The van der Waals surface area contributed by atoms with Crippen LogP contribution in [0, 0.1) is 0 Å². The van der Waals surface area contributed by atoms with Crippen molar-refractivity contribution < 1.29 is 16.8 Å². The number of hydrogen-bond donors (Lipinski definition) is 1. The van der Waals surface area contributed by atoms with Crippen LogP contribution in [0.1, 0.15) is 12.8 Å². The highest BCUT2D eigenvalue weighted by Crippen LogP contribution is 2.31. The zero-order valence-corrected chi connectivity index (χ0v) is 15.5. The van der Waals surface area contributed by atoms with Crippen LogP contribution in [0.4, 0.5) is 0 Å². The highest BCUT2D eigenvalue weighted by atomic mass is 32.2. The third kappa shape index (κ3) is 3.92. The fourth-order valence-electron chi connectivity index (χ4n) is 2.44. The second kappa shape index (κ2) is 6.52. The largest absolute Gasteiger partial charge is 0.274 e. The van der Waals surface area contributed by atoms with E-state index in [1.165, 1.54) is 38.5 Å². The Kier molecular flexibility index (Phi) is 4.70. The van der Waals surface area contributed by atoms with E-state index in [2.05, 4.69) is 14.9 Å². The molecular weight excluding hydrogens is 368 g/mol. The van der Waals surface area contributed by atoms with Gasteiger partial charge in [0.05, 0.1) is 12.4 Å². The molecular formula is C13H20N6O4S2. The molecule has 0 aromatic carbocycles. The number of sulfonamides is 2. The molecule has 2 aromatic heterocycles. The summed E-state index contributed by atoms with van der Waals surface area (Å²) in [5.74, 6) is 0. The minimum atomic E-state index is -3.72. The molecule has 25 heavy (non-hydrogen) atoms. The fourth-order valence-corrected chi connectivity index (χ4v) is 5.12. The SMILES string of the molecule is Cn1cc(S(=O)(=O)NCCN(C2CC2)S(=O)(=O)c2cnn(C)c2)cn1. The number of nitrogens with one attached hydrogen (secondary N) is 1. The summed E-state index contributed by atoms with van der Waals surface area (Å²) in [6.45, 7) is 0.0363. The topological polar surface area (TPSA) is 119 Å². The van der Waals surface area contributed by atoms with Crippen molar-refractivity contribution >= 4 is 20.0 Å². The highest BCUT2D eigenvalue weighted by molar-refractivity contribution is 7.89. The molecule has 1 aliphatic rings. The molecule has 0 bridgehead atoms. The van der Waals surface area contributed by atoms with E-state index in [4.69, 9.17) is 0 Å². The molecule has 12 heteroatoms. The van der Waals surface area contributed by atoms with E-state index in [-0.39, 0.29) is 28.9 Å². The van der Waals surface area contributed by atoms with E-state index in [9.17, 15) is 16.8 Å². The summed E-state index contributed by atoms with van der Waals surface area (Å²) in [5.41, 5.74) is 0. The van der Waals surface area contributed by atoms with Gasteiger partial charge in [-0.15, -0.1) is 0 Å². The molecule has 2 heterocycles. The standard InChI is InChI=1S/C13H20N6O4S2/c1-17-9-12(7-14-17)24(20,21)16-5-6-19(11-3-4-11)25(22,23)13-8-15-18(2)10-13/h7-11,16H,3-6H2,1-2H3. The van der Waals surface area contributed by atoms with E-state index < -0.39 is 20.0 Å². The lowest BCUT2D eigenvalue weighted by Gasteiger charge is -2.21. The maximum Gasteiger partial charge on any atom is 0.246 e. The average molecular weight is 388 g/mol. The third-order valence-corrected chi connectivity index (χ3v) is 7.18. The Bertz CT molecular complexity index is 958. The van der Waals surface area contributed by atoms with Gasteiger partial charge in [0.2, 0.25) is 20.0 Å². The molecule has 2 aromatic rings. The van der Waals surface area contributed by atoms with Crippen LogP contribution < -0.4 is 4.72 Å². The molecule has 0 unspecified atom stereocenters. The quantitative estimate of drug-likeness (QED) is 0.638. The molecule has 0 saturated heterocycles. The van der Waals surface area contributed by atoms with Crippen molar-refractivity contribution in [1.29, 1.82) is 0 Å². The minimum absolute atomic E-state index is 0.0206. The Labute approximate surface area is 146 Å². The number of aromatic nitrogens is 4. The fraction of sp³-hybridized carbons (Fsp3) is 0.538. The first kappa shape index (κ1) is 18.0. The van der Waals surface area contributed by atoms with Crippen LogP contribution in [0.2, 0.25) is 0 Å². The van der Waals surface area contributed by atoms with Crippen LogP contribution in [0.25, 0.3) is 0 Å². The van der Waals surface area contributed by atoms with E-state index in [0.717, 1.165) is 12.8 Å². The summed E-state index contributed by atoms with van der Waals surface area (Å²) in [7, 11) is -4.15. The van der Waals surface area contributed by atoms with Gasteiger partial charge in [0.1, 0.15) is 9.79 Å². The van der Waals surface area contributed by atoms with Crippen molar-refractivity contribution in [3.63, 3.8) is 0 Å². The molecule has 1 saturated carbocycles. The highest BCUT2D eigenvalue weighted by Gasteiger charge is 2.38. The molecule has 138 valence electrons. The van der Waals surface area contributed by atoms with Gasteiger partial charge in [-0.05, 0) is 12.8 Å². The maximum atomic E-state index is 12.7. The lowest BCUT2D eigenvalue weighted by molar-refractivity contribution is 0.406. The van der Waals surface area contributed by atoms with Gasteiger partial charge in [0, 0.05) is 45.6 Å². The summed E-state index contributed by atoms with van der Waals surface area (Å²) in [6.07, 6.45) is 6.90. The second-order valence-corrected chi connectivity index (χ2v) is 9.60. The summed E-state index contributed by atoms with van der Waals surface area (Å²) >= 11 is 0. The van der Waals surface area contributed by atoms with E-state index in [1.807, 2.05) is 0 Å². The summed E-state index contributed by atoms with van der Waals surface area (Å²) in [6, 6.07) is -0.0897. The van der Waals surface area contributed by atoms with Crippen LogP contribution >= 0.6 is 0 Å².